The molecule has 6 heteroatoms. The number of aliphatic carboxylic acids is 1. The Morgan fingerprint density at radius 3 is 3.05 bits per heavy atom. The van der Waals surface area contributed by atoms with Gasteiger partial charge in [0.1, 0.15) is 0 Å². The van der Waals surface area contributed by atoms with Gasteiger partial charge in [0, 0.05) is 24.9 Å². The Bertz CT molecular complexity index is 433. The summed E-state index contributed by atoms with van der Waals surface area (Å²) in [5.41, 5.74) is 0.822. The lowest BCUT2D eigenvalue weighted by Crippen LogP contribution is -2.42. The molecule has 19 heavy (non-hydrogen) atoms. The van der Waals surface area contributed by atoms with Gasteiger partial charge >= 0.3 is 12.0 Å². The Labute approximate surface area is 116 Å². The number of urea groups is 1. The summed E-state index contributed by atoms with van der Waals surface area (Å²) in [5, 5.41) is 15.4. The summed E-state index contributed by atoms with van der Waals surface area (Å²) in [6.07, 6.45) is 2.79. The van der Waals surface area contributed by atoms with E-state index in [2.05, 4.69) is 5.32 Å². The summed E-state index contributed by atoms with van der Waals surface area (Å²) in [7, 11) is 0. The minimum atomic E-state index is -0.764. The average Bonchev–Trinajstić information content (AvgIpc) is 2.89. The maximum absolute atomic E-state index is 12.1. The highest BCUT2D eigenvalue weighted by Gasteiger charge is 2.24. The van der Waals surface area contributed by atoms with E-state index in [0.29, 0.717) is 18.9 Å². The van der Waals surface area contributed by atoms with Crippen LogP contribution < -0.4 is 5.32 Å². The first-order valence-corrected chi connectivity index (χ1v) is 7.39. The number of carboxylic acid groups (broad SMARTS) is 1. The molecule has 1 aliphatic heterocycles. The molecule has 0 bridgehead atoms. The van der Waals surface area contributed by atoms with Crippen molar-refractivity contribution in [3.63, 3.8) is 0 Å². The van der Waals surface area contributed by atoms with Crippen molar-refractivity contribution in [3.8, 4) is 0 Å². The molecule has 1 aromatic rings. The molecule has 0 aliphatic carbocycles. The summed E-state index contributed by atoms with van der Waals surface area (Å²) in [4.78, 5) is 24.4. The fourth-order valence-corrected chi connectivity index (χ4v) is 2.94. The maximum Gasteiger partial charge on any atom is 0.321 e. The van der Waals surface area contributed by atoms with Gasteiger partial charge in [-0.3, -0.25) is 4.79 Å². The quantitative estimate of drug-likeness (QED) is 0.892. The highest BCUT2D eigenvalue weighted by molar-refractivity contribution is 7.08. The number of hydrogen-bond acceptors (Lipinski definition) is 3. The van der Waals surface area contributed by atoms with Gasteiger partial charge in [0.05, 0.1) is 5.69 Å². The van der Waals surface area contributed by atoms with Crippen LogP contribution in [-0.4, -0.2) is 35.1 Å². The first-order chi connectivity index (χ1) is 9.15. The van der Waals surface area contributed by atoms with E-state index in [1.54, 1.807) is 16.2 Å². The molecule has 2 rings (SSSR count). The first kappa shape index (κ1) is 13.9. The largest absolute Gasteiger partial charge is 0.481 e. The van der Waals surface area contributed by atoms with Crippen LogP contribution in [0.4, 0.5) is 10.5 Å². The number of nitrogens with zero attached hydrogens (tertiary/aromatic N) is 1. The lowest BCUT2D eigenvalue weighted by Gasteiger charge is -2.32. The summed E-state index contributed by atoms with van der Waals surface area (Å²) in [5.74, 6) is -0.460. The second-order valence-corrected chi connectivity index (χ2v) is 5.61. The predicted molar refractivity (Wildman–Crippen MR) is 74.5 cm³/mol. The minimum Gasteiger partial charge on any atom is -0.481 e. The third-order valence-electron chi connectivity index (χ3n) is 3.35. The van der Waals surface area contributed by atoms with Crippen LogP contribution >= 0.6 is 11.3 Å². The van der Waals surface area contributed by atoms with Crippen LogP contribution in [0.1, 0.15) is 25.7 Å². The van der Waals surface area contributed by atoms with Crippen LogP contribution in [0.3, 0.4) is 0 Å². The molecule has 2 N–H and O–H groups in total. The Morgan fingerprint density at radius 1 is 1.53 bits per heavy atom. The van der Waals surface area contributed by atoms with E-state index in [9.17, 15) is 9.59 Å². The highest BCUT2D eigenvalue weighted by atomic mass is 32.1. The van der Waals surface area contributed by atoms with Gasteiger partial charge in [-0.15, -0.1) is 0 Å². The van der Waals surface area contributed by atoms with Crippen LogP contribution in [-0.2, 0) is 4.79 Å². The normalized spacial score (nSPS) is 19.2. The van der Waals surface area contributed by atoms with E-state index < -0.39 is 5.97 Å². The molecule has 0 saturated carbocycles. The predicted octanol–water partition coefficient (Wildman–Crippen LogP) is 2.86. The number of piperidine rings is 1. The standard InChI is InChI=1S/C13H18N2O3S/c16-12(17)4-3-10-2-1-6-15(8-10)13(18)14-11-5-7-19-9-11/h5,7,9-10H,1-4,6,8H2,(H,14,18)(H,16,17). The Balaban J connectivity index is 1.82. The number of carbonyl (C=O) groups excluding carboxylic acids is 1. The zero-order chi connectivity index (χ0) is 13.7. The van der Waals surface area contributed by atoms with Gasteiger partial charge in [-0.1, -0.05) is 0 Å². The van der Waals surface area contributed by atoms with Crippen molar-refractivity contribution in [3.05, 3.63) is 16.8 Å². The number of thiophene rings is 1. The van der Waals surface area contributed by atoms with Crippen molar-refractivity contribution in [2.24, 2.45) is 5.92 Å². The molecule has 0 aromatic carbocycles. The van der Waals surface area contributed by atoms with E-state index >= 15 is 0 Å². The molecule has 2 amide bonds. The zero-order valence-corrected chi connectivity index (χ0v) is 11.5. The van der Waals surface area contributed by atoms with Gasteiger partial charge in [-0.25, -0.2) is 4.79 Å². The second-order valence-electron chi connectivity index (χ2n) is 4.83. The maximum atomic E-state index is 12.1. The Hall–Kier alpha value is -1.56. The molecule has 5 nitrogen and oxygen atoms in total. The van der Waals surface area contributed by atoms with Crippen molar-refractivity contribution >= 4 is 29.0 Å². The van der Waals surface area contributed by atoms with E-state index in [0.717, 1.165) is 25.1 Å². The number of nitrogens with one attached hydrogen (secondary N) is 1. The summed E-state index contributed by atoms with van der Waals surface area (Å²) in [6.45, 7) is 1.41. The summed E-state index contributed by atoms with van der Waals surface area (Å²) in [6, 6.07) is 1.78. The average molecular weight is 282 g/mol. The molecular formula is C13H18N2O3S. The lowest BCUT2D eigenvalue weighted by atomic mass is 9.93. The van der Waals surface area contributed by atoms with Gasteiger partial charge in [-0.2, -0.15) is 11.3 Å². The molecule has 1 fully saturated rings. The molecule has 2 heterocycles. The number of hydrogen-bond donors (Lipinski definition) is 2. The van der Waals surface area contributed by atoms with Gasteiger partial charge in [0.15, 0.2) is 0 Å². The fourth-order valence-electron chi connectivity index (χ4n) is 2.35. The molecule has 1 atom stereocenters. The number of likely N-dealkylation sites (tertiary alicyclic amines) is 1. The third-order valence-corrected chi connectivity index (χ3v) is 4.03. The molecular weight excluding hydrogens is 264 g/mol. The number of carbonyl (C=O) groups is 2. The van der Waals surface area contributed by atoms with Crippen molar-refractivity contribution in [2.75, 3.05) is 18.4 Å². The van der Waals surface area contributed by atoms with Crippen molar-refractivity contribution < 1.29 is 14.7 Å². The van der Waals surface area contributed by atoms with Gasteiger partial charge in [-0.05, 0) is 36.6 Å². The number of anilines is 1. The zero-order valence-electron chi connectivity index (χ0n) is 10.7. The molecule has 1 unspecified atom stereocenters. The minimum absolute atomic E-state index is 0.0848. The van der Waals surface area contributed by atoms with Crippen molar-refractivity contribution in [1.29, 1.82) is 0 Å². The third kappa shape index (κ3) is 4.24. The molecule has 1 aliphatic rings. The van der Waals surface area contributed by atoms with Crippen LogP contribution in [0.2, 0.25) is 0 Å². The molecule has 104 valence electrons. The van der Waals surface area contributed by atoms with Crippen molar-refractivity contribution in [2.45, 2.75) is 25.7 Å². The number of rotatable bonds is 4. The molecule has 0 spiro atoms. The van der Waals surface area contributed by atoms with Crippen LogP contribution in [0.15, 0.2) is 16.8 Å². The topological polar surface area (TPSA) is 69.6 Å². The second kappa shape index (κ2) is 6.56. The van der Waals surface area contributed by atoms with E-state index in [-0.39, 0.29) is 12.5 Å². The van der Waals surface area contributed by atoms with Crippen LogP contribution in [0.25, 0.3) is 0 Å². The van der Waals surface area contributed by atoms with Gasteiger partial charge in [0.25, 0.3) is 0 Å². The Morgan fingerprint density at radius 2 is 2.37 bits per heavy atom. The van der Waals surface area contributed by atoms with E-state index in [1.165, 1.54) is 0 Å². The van der Waals surface area contributed by atoms with Gasteiger partial charge < -0.3 is 15.3 Å². The van der Waals surface area contributed by atoms with Gasteiger partial charge in [0.2, 0.25) is 0 Å². The SMILES string of the molecule is O=C(O)CCC1CCCN(C(=O)Nc2ccsc2)C1. The fraction of sp³-hybridized carbons (Fsp3) is 0.538. The van der Waals surface area contributed by atoms with Crippen molar-refractivity contribution in [1.82, 2.24) is 4.90 Å². The molecule has 1 aromatic heterocycles. The summed E-state index contributed by atoms with van der Waals surface area (Å²) >= 11 is 1.54. The van der Waals surface area contributed by atoms with Crippen LogP contribution in [0.5, 0.6) is 0 Å². The number of carboxylic acids is 1. The summed E-state index contributed by atoms with van der Waals surface area (Å²) < 4.78 is 0. The van der Waals surface area contributed by atoms with E-state index in [4.69, 9.17) is 5.11 Å². The monoisotopic (exact) mass is 282 g/mol. The molecule has 0 radical (unpaired) electrons. The van der Waals surface area contributed by atoms with Crippen LogP contribution in [0, 0.1) is 5.92 Å². The Kier molecular flexibility index (Phi) is 4.79. The highest BCUT2D eigenvalue weighted by Crippen LogP contribution is 2.22. The van der Waals surface area contributed by atoms with E-state index in [1.807, 2.05) is 16.8 Å². The first-order valence-electron chi connectivity index (χ1n) is 6.45. The molecule has 1 saturated heterocycles. The lowest BCUT2D eigenvalue weighted by molar-refractivity contribution is -0.137. The smallest absolute Gasteiger partial charge is 0.321 e. The number of amides is 2.